The van der Waals surface area contributed by atoms with Crippen LogP contribution in [0, 0.1) is 5.92 Å². The molecule has 0 aliphatic carbocycles. The molecule has 0 saturated carbocycles. The van der Waals surface area contributed by atoms with Crippen LogP contribution in [-0.4, -0.2) is 33.6 Å². The van der Waals surface area contributed by atoms with Gasteiger partial charge in [0.1, 0.15) is 11.5 Å². The number of hydrogen-bond donors (Lipinski definition) is 1. The molecule has 1 atom stereocenters. The quantitative estimate of drug-likeness (QED) is 0.0656. The third kappa shape index (κ3) is 6.48. The molecule has 1 unspecified atom stereocenters. The van der Waals surface area contributed by atoms with E-state index in [1.807, 2.05) is 48.5 Å². The molecule has 0 bridgehead atoms. The Balaban J connectivity index is 1.52. The third-order valence-corrected chi connectivity index (χ3v) is 9.01. The molecular weight excluding hydrogens is 578 g/mol. The lowest BCUT2D eigenvalue weighted by molar-refractivity contribution is -0.132. The SMILES string of the molecule is CC(C)CCOc1cccc(C2/C(=C(\O)c3ccccc3)C(=O)C(=O)N2c2nnc(SCc3ccccc3Cl)s2)c1. The summed E-state index contributed by atoms with van der Waals surface area (Å²) < 4.78 is 6.59. The summed E-state index contributed by atoms with van der Waals surface area (Å²) in [5, 5.41) is 20.8. The average molecular weight is 606 g/mol. The van der Waals surface area contributed by atoms with Crippen molar-refractivity contribution >= 4 is 57.3 Å². The molecule has 1 N–H and O–H groups in total. The first-order valence-electron chi connectivity index (χ1n) is 13.1. The van der Waals surface area contributed by atoms with E-state index in [2.05, 4.69) is 24.0 Å². The van der Waals surface area contributed by atoms with E-state index in [4.69, 9.17) is 16.3 Å². The molecule has 41 heavy (non-hydrogen) atoms. The molecule has 1 aromatic heterocycles. The maximum Gasteiger partial charge on any atom is 0.301 e. The summed E-state index contributed by atoms with van der Waals surface area (Å²) in [5.41, 5.74) is 1.99. The number of anilines is 1. The van der Waals surface area contributed by atoms with Crippen molar-refractivity contribution in [3.63, 3.8) is 0 Å². The zero-order valence-corrected chi connectivity index (χ0v) is 24.9. The highest BCUT2D eigenvalue weighted by Gasteiger charge is 2.48. The fraction of sp³-hybridized carbons (Fsp3) is 0.226. The number of thioether (sulfide) groups is 1. The Hall–Kier alpha value is -3.66. The Labute approximate surface area is 251 Å². The van der Waals surface area contributed by atoms with Gasteiger partial charge in [-0.3, -0.25) is 14.5 Å². The van der Waals surface area contributed by atoms with E-state index >= 15 is 0 Å². The Kier molecular flexibility index (Phi) is 9.07. The van der Waals surface area contributed by atoms with E-state index in [9.17, 15) is 14.7 Å². The fourth-order valence-corrected chi connectivity index (χ4v) is 6.55. The average Bonchev–Trinajstić information content (AvgIpc) is 3.54. The molecular formula is C31H28ClN3O4S2. The van der Waals surface area contributed by atoms with Crippen LogP contribution in [0.15, 0.2) is 88.8 Å². The van der Waals surface area contributed by atoms with Crippen LogP contribution in [0.25, 0.3) is 5.76 Å². The third-order valence-electron chi connectivity index (χ3n) is 6.54. The van der Waals surface area contributed by atoms with E-state index in [0.29, 0.717) is 44.5 Å². The minimum Gasteiger partial charge on any atom is -0.507 e. The summed E-state index contributed by atoms with van der Waals surface area (Å²) in [6.07, 6.45) is 0.885. The molecule has 4 aromatic rings. The van der Waals surface area contributed by atoms with Gasteiger partial charge >= 0.3 is 5.91 Å². The number of aliphatic hydroxyl groups is 1. The molecule has 0 spiro atoms. The largest absolute Gasteiger partial charge is 0.507 e. The van der Waals surface area contributed by atoms with Gasteiger partial charge in [0.05, 0.1) is 18.2 Å². The van der Waals surface area contributed by atoms with Gasteiger partial charge < -0.3 is 9.84 Å². The number of hydrogen-bond acceptors (Lipinski definition) is 8. The topological polar surface area (TPSA) is 92.6 Å². The molecule has 2 heterocycles. The van der Waals surface area contributed by atoms with Gasteiger partial charge in [0.15, 0.2) is 4.34 Å². The van der Waals surface area contributed by atoms with Crippen LogP contribution in [0.1, 0.15) is 43.0 Å². The molecule has 1 aliphatic heterocycles. The number of aliphatic hydroxyl groups excluding tert-OH is 1. The number of ether oxygens (including phenoxy) is 1. The summed E-state index contributed by atoms with van der Waals surface area (Å²) in [4.78, 5) is 28.3. The van der Waals surface area contributed by atoms with E-state index < -0.39 is 17.7 Å². The highest BCUT2D eigenvalue weighted by Crippen LogP contribution is 2.44. The molecule has 1 amide bonds. The monoisotopic (exact) mass is 605 g/mol. The molecule has 7 nitrogen and oxygen atoms in total. The normalized spacial score (nSPS) is 16.5. The zero-order valence-electron chi connectivity index (χ0n) is 22.5. The summed E-state index contributed by atoms with van der Waals surface area (Å²) in [6.45, 7) is 4.79. The first-order valence-corrected chi connectivity index (χ1v) is 15.3. The zero-order chi connectivity index (χ0) is 28.9. The number of nitrogens with zero attached hydrogens (tertiary/aromatic N) is 3. The highest BCUT2D eigenvalue weighted by atomic mass is 35.5. The van der Waals surface area contributed by atoms with Gasteiger partial charge in [-0.2, -0.15) is 0 Å². The van der Waals surface area contributed by atoms with Crippen LogP contribution in [0.2, 0.25) is 5.02 Å². The molecule has 5 rings (SSSR count). The fourth-order valence-electron chi connectivity index (χ4n) is 4.40. The Bertz CT molecular complexity index is 1590. The van der Waals surface area contributed by atoms with Crippen LogP contribution in [0.3, 0.4) is 0 Å². The number of ketones is 1. The van der Waals surface area contributed by atoms with Crippen LogP contribution >= 0.6 is 34.7 Å². The number of Topliss-reactive ketones (excluding diaryl/α,β-unsaturated/α-hetero) is 1. The summed E-state index contributed by atoms with van der Waals surface area (Å²) in [6, 6.07) is 22.6. The number of halogens is 1. The van der Waals surface area contributed by atoms with Crippen LogP contribution < -0.4 is 9.64 Å². The van der Waals surface area contributed by atoms with Crippen LogP contribution in [0.5, 0.6) is 5.75 Å². The first-order chi connectivity index (χ1) is 19.8. The summed E-state index contributed by atoms with van der Waals surface area (Å²) >= 11 is 8.95. The Morgan fingerprint density at radius 1 is 1.05 bits per heavy atom. The highest BCUT2D eigenvalue weighted by molar-refractivity contribution is 8.00. The molecule has 1 aliphatic rings. The maximum atomic E-state index is 13.5. The van der Waals surface area contributed by atoms with E-state index in [0.717, 1.165) is 12.0 Å². The molecule has 1 saturated heterocycles. The van der Waals surface area contributed by atoms with Gasteiger partial charge in [-0.15, -0.1) is 10.2 Å². The van der Waals surface area contributed by atoms with Crippen molar-refractivity contribution < 1.29 is 19.4 Å². The second kappa shape index (κ2) is 12.9. The lowest BCUT2D eigenvalue weighted by Gasteiger charge is -2.23. The lowest BCUT2D eigenvalue weighted by atomic mass is 9.95. The van der Waals surface area contributed by atoms with Crippen molar-refractivity contribution in [2.75, 3.05) is 11.5 Å². The smallest absolute Gasteiger partial charge is 0.301 e. The van der Waals surface area contributed by atoms with Crippen molar-refractivity contribution in [1.29, 1.82) is 0 Å². The van der Waals surface area contributed by atoms with Crippen molar-refractivity contribution in [1.82, 2.24) is 10.2 Å². The van der Waals surface area contributed by atoms with Gasteiger partial charge in [-0.05, 0) is 41.7 Å². The van der Waals surface area contributed by atoms with Crippen molar-refractivity contribution in [3.8, 4) is 5.75 Å². The van der Waals surface area contributed by atoms with Crippen molar-refractivity contribution in [2.24, 2.45) is 5.92 Å². The Morgan fingerprint density at radius 3 is 2.56 bits per heavy atom. The minimum absolute atomic E-state index is 0.0130. The van der Waals surface area contributed by atoms with E-state index in [1.165, 1.54) is 28.0 Å². The number of amides is 1. The number of carbonyl (C=O) groups is 2. The van der Waals surface area contributed by atoms with Crippen molar-refractivity contribution in [2.45, 2.75) is 36.4 Å². The van der Waals surface area contributed by atoms with E-state index in [-0.39, 0.29) is 16.5 Å². The summed E-state index contributed by atoms with van der Waals surface area (Å²) in [5.74, 6) is -0.152. The standard InChI is InChI=1S/C31H28ClN3O4S2/c1-19(2)15-16-39-23-13-8-12-21(17-23)26-25(27(36)20-9-4-3-5-10-20)28(37)29(38)35(26)30-33-34-31(41-30)40-18-22-11-6-7-14-24(22)32/h3-14,17,19,26,36H,15-16,18H2,1-2H3/b27-25+. The molecule has 210 valence electrons. The van der Waals surface area contributed by atoms with Gasteiger partial charge in [0.25, 0.3) is 5.78 Å². The first kappa shape index (κ1) is 28.9. The second-order valence-electron chi connectivity index (χ2n) is 9.87. The van der Waals surface area contributed by atoms with E-state index in [1.54, 1.807) is 30.3 Å². The van der Waals surface area contributed by atoms with Crippen molar-refractivity contribution in [3.05, 3.63) is 106 Å². The summed E-state index contributed by atoms with van der Waals surface area (Å²) in [7, 11) is 0. The predicted octanol–water partition coefficient (Wildman–Crippen LogP) is 7.54. The number of rotatable bonds is 10. The maximum absolute atomic E-state index is 13.5. The predicted molar refractivity (Wildman–Crippen MR) is 164 cm³/mol. The molecule has 1 fully saturated rings. The van der Waals surface area contributed by atoms with Gasteiger partial charge in [-0.1, -0.05) is 109 Å². The molecule has 0 radical (unpaired) electrons. The molecule has 3 aromatic carbocycles. The second-order valence-corrected chi connectivity index (χ2v) is 12.5. The van der Waals surface area contributed by atoms with Gasteiger partial charge in [-0.25, -0.2) is 0 Å². The number of carbonyl (C=O) groups excluding carboxylic acids is 2. The number of aromatic nitrogens is 2. The lowest BCUT2D eigenvalue weighted by Crippen LogP contribution is -2.29. The molecule has 10 heteroatoms. The Morgan fingerprint density at radius 2 is 1.80 bits per heavy atom. The minimum atomic E-state index is -0.918. The van der Waals surface area contributed by atoms with Gasteiger partial charge in [0.2, 0.25) is 5.13 Å². The van der Waals surface area contributed by atoms with Gasteiger partial charge in [0, 0.05) is 16.3 Å². The van der Waals surface area contributed by atoms with Crippen LogP contribution in [0.4, 0.5) is 5.13 Å². The van der Waals surface area contributed by atoms with Crippen LogP contribution in [-0.2, 0) is 15.3 Å². The number of benzene rings is 3.